The van der Waals surface area contributed by atoms with Crippen LogP contribution in [0.15, 0.2) is 48.4 Å². The smallest absolute Gasteiger partial charge is 0.261 e. The average molecular weight is 462 g/mol. The highest BCUT2D eigenvalue weighted by Gasteiger charge is 2.17. The second-order valence-corrected chi connectivity index (χ2v) is 8.87. The van der Waals surface area contributed by atoms with Crippen molar-refractivity contribution in [2.24, 2.45) is 0 Å². The molecule has 170 valence electrons. The molecule has 0 saturated heterocycles. The Balaban J connectivity index is 1.43. The van der Waals surface area contributed by atoms with E-state index in [0.29, 0.717) is 18.2 Å². The standard InChI is InChI=1S/C24H27N7OS/c1-15-9-16(20-5-8-28-24(31-20)30-19(11-25)14-26-2)3-4-17(15)13-29-23(32)22-10-18-12-27-7-6-21(18)33-22/h3-5,8-11,14,25-27H,6-7,12-13H2,1-2H3,(H,29,32)(H,28,30,31)/b19-14+,25-11?. The summed E-state index contributed by atoms with van der Waals surface area (Å²) in [5.74, 6) is 0.390. The third kappa shape index (κ3) is 5.44. The van der Waals surface area contributed by atoms with E-state index < -0.39 is 0 Å². The van der Waals surface area contributed by atoms with Crippen molar-refractivity contribution in [3.05, 3.63) is 74.9 Å². The topological polar surface area (TPSA) is 115 Å². The van der Waals surface area contributed by atoms with E-state index in [1.165, 1.54) is 16.7 Å². The van der Waals surface area contributed by atoms with Crippen LogP contribution in [0.4, 0.5) is 5.95 Å². The maximum atomic E-state index is 12.7. The molecule has 0 unspecified atom stereocenters. The molecule has 0 aliphatic carbocycles. The number of thiophene rings is 1. The largest absolute Gasteiger partial charge is 0.392 e. The number of fused-ring (bicyclic) bond motifs is 1. The third-order valence-corrected chi connectivity index (χ3v) is 6.65. The molecule has 1 aliphatic rings. The number of hydrogen-bond donors (Lipinski definition) is 5. The summed E-state index contributed by atoms with van der Waals surface area (Å²) in [6, 6.07) is 9.93. The zero-order valence-corrected chi connectivity index (χ0v) is 19.5. The highest BCUT2D eigenvalue weighted by molar-refractivity contribution is 7.14. The van der Waals surface area contributed by atoms with Crippen LogP contribution in [0.1, 0.15) is 31.2 Å². The Morgan fingerprint density at radius 1 is 1.30 bits per heavy atom. The molecular weight excluding hydrogens is 434 g/mol. The Morgan fingerprint density at radius 2 is 2.18 bits per heavy atom. The van der Waals surface area contributed by atoms with Gasteiger partial charge in [-0.2, -0.15) is 0 Å². The predicted molar refractivity (Wildman–Crippen MR) is 133 cm³/mol. The van der Waals surface area contributed by atoms with Crippen LogP contribution in [0.5, 0.6) is 0 Å². The molecule has 0 saturated carbocycles. The molecule has 0 bridgehead atoms. The van der Waals surface area contributed by atoms with Gasteiger partial charge in [0.2, 0.25) is 5.95 Å². The summed E-state index contributed by atoms with van der Waals surface area (Å²) in [7, 11) is 1.76. The van der Waals surface area contributed by atoms with Gasteiger partial charge in [0, 0.05) is 55.7 Å². The van der Waals surface area contributed by atoms with Crippen LogP contribution >= 0.6 is 11.3 Å². The van der Waals surface area contributed by atoms with E-state index in [1.807, 2.05) is 31.2 Å². The van der Waals surface area contributed by atoms with Crippen LogP contribution < -0.4 is 21.3 Å². The Labute approximate surface area is 197 Å². The van der Waals surface area contributed by atoms with Gasteiger partial charge in [0.15, 0.2) is 0 Å². The lowest BCUT2D eigenvalue weighted by Gasteiger charge is -2.11. The number of carbonyl (C=O) groups is 1. The van der Waals surface area contributed by atoms with E-state index in [1.54, 1.807) is 30.8 Å². The maximum Gasteiger partial charge on any atom is 0.261 e. The minimum Gasteiger partial charge on any atom is -0.392 e. The fourth-order valence-electron chi connectivity index (χ4n) is 3.66. The minimum absolute atomic E-state index is 0.0268. The minimum atomic E-state index is -0.0268. The summed E-state index contributed by atoms with van der Waals surface area (Å²) in [4.78, 5) is 23.5. The number of amides is 1. The first kappa shape index (κ1) is 22.6. The lowest BCUT2D eigenvalue weighted by Crippen LogP contribution is -2.22. The summed E-state index contributed by atoms with van der Waals surface area (Å²) >= 11 is 1.60. The zero-order chi connectivity index (χ0) is 23.2. The maximum absolute atomic E-state index is 12.7. The van der Waals surface area contributed by atoms with E-state index in [4.69, 9.17) is 5.41 Å². The molecule has 0 spiro atoms. The SMILES string of the molecule is CN/C=C(\C=N)Nc1nccc(-c2ccc(CNC(=O)c3cc4c(s3)CCNC4)c(C)c2)n1. The van der Waals surface area contributed by atoms with E-state index in [-0.39, 0.29) is 5.91 Å². The summed E-state index contributed by atoms with van der Waals surface area (Å²) in [6.07, 6.45) is 5.54. The number of hydrogen-bond acceptors (Lipinski definition) is 8. The molecule has 0 radical (unpaired) electrons. The number of allylic oxidation sites excluding steroid dienone is 1. The lowest BCUT2D eigenvalue weighted by atomic mass is 10.0. The molecule has 3 heterocycles. The van der Waals surface area contributed by atoms with E-state index in [0.717, 1.165) is 46.8 Å². The van der Waals surface area contributed by atoms with Gasteiger partial charge in [-0.05, 0) is 48.2 Å². The first-order valence-corrected chi connectivity index (χ1v) is 11.6. The van der Waals surface area contributed by atoms with Crippen molar-refractivity contribution in [1.29, 1.82) is 5.41 Å². The van der Waals surface area contributed by atoms with Crippen molar-refractivity contribution in [3.8, 4) is 11.3 Å². The number of rotatable bonds is 8. The van der Waals surface area contributed by atoms with Gasteiger partial charge in [0.1, 0.15) is 0 Å². The number of aryl methyl sites for hydroxylation is 1. The molecule has 1 aliphatic heterocycles. The second kappa shape index (κ2) is 10.4. The van der Waals surface area contributed by atoms with Gasteiger partial charge in [0.25, 0.3) is 5.91 Å². The Bertz CT molecular complexity index is 1180. The molecule has 0 atom stereocenters. The Morgan fingerprint density at radius 3 is 2.94 bits per heavy atom. The fourth-order valence-corrected chi connectivity index (χ4v) is 4.76. The molecule has 0 fully saturated rings. The molecule has 4 rings (SSSR count). The summed E-state index contributed by atoms with van der Waals surface area (Å²) < 4.78 is 0. The molecule has 1 amide bonds. The van der Waals surface area contributed by atoms with Gasteiger partial charge in [-0.1, -0.05) is 12.1 Å². The zero-order valence-electron chi connectivity index (χ0n) is 18.7. The summed E-state index contributed by atoms with van der Waals surface area (Å²) in [5.41, 5.74) is 5.67. The third-order valence-electron chi connectivity index (χ3n) is 5.41. The lowest BCUT2D eigenvalue weighted by molar-refractivity contribution is 0.0955. The van der Waals surface area contributed by atoms with E-state index >= 15 is 0 Å². The van der Waals surface area contributed by atoms with Crippen LogP contribution in [-0.4, -0.2) is 35.7 Å². The van der Waals surface area contributed by atoms with Crippen molar-refractivity contribution < 1.29 is 4.79 Å². The number of nitrogens with zero attached hydrogens (tertiary/aromatic N) is 2. The van der Waals surface area contributed by atoms with Crippen molar-refractivity contribution in [2.75, 3.05) is 18.9 Å². The number of nitrogens with one attached hydrogen (secondary N) is 5. The van der Waals surface area contributed by atoms with Crippen molar-refractivity contribution in [3.63, 3.8) is 0 Å². The van der Waals surface area contributed by atoms with Crippen LogP contribution in [-0.2, 0) is 19.5 Å². The first-order valence-electron chi connectivity index (χ1n) is 10.8. The van der Waals surface area contributed by atoms with Gasteiger partial charge < -0.3 is 26.7 Å². The fraction of sp³-hybridized carbons (Fsp3) is 0.250. The molecule has 9 heteroatoms. The highest BCUT2D eigenvalue weighted by atomic mass is 32.1. The quantitative estimate of drug-likeness (QED) is 0.329. The van der Waals surface area contributed by atoms with Crippen molar-refractivity contribution in [2.45, 2.75) is 26.4 Å². The number of carbonyl (C=O) groups excluding carboxylic acids is 1. The Hall–Kier alpha value is -3.56. The van der Waals surface area contributed by atoms with Crippen LogP contribution in [0, 0.1) is 12.3 Å². The van der Waals surface area contributed by atoms with E-state index in [2.05, 4.69) is 37.3 Å². The normalized spacial score (nSPS) is 13.2. The molecular formula is C24H27N7OS. The molecule has 33 heavy (non-hydrogen) atoms. The number of benzene rings is 1. The van der Waals surface area contributed by atoms with Gasteiger partial charge in [-0.15, -0.1) is 11.3 Å². The Kier molecular flexibility index (Phi) is 7.11. The molecule has 3 aromatic rings. The molecule has 1 aromatic carbocycles. The molecule has 5 N–H and O–H groups in total. The summed E-state index contributed by atoms with van der Waals surface area (Å²) in [5, 5.41) is 19.8. The van der Waals surface area contributed by atoms with Crippen molar-refractivity contribution >= 4 is 29.4 Å². The van der Waals surface area contributed by atoms with E-state index in [9.17, 15) is 4.79 Å². The highest BCUT2D eigenvalue weighted by Crippen LogP contribution is 2.26. The number of anilines is 1. The average Bonchev–Trinajstić information content (AvgIpc) is 3.27. The van der Waals surface area contributed by atoms with Gasteiger partial charge in [-0.3, -0.25) is 4.79 Å². The summed E-state index contributed by atoms with van der Waals surface area (Å²) in [6.45, 7) is 4.32. The van der Waals surface area contributed by atoms with Gasteiger partial charge in [0.05, 0.1) is 16.3 Å². The first-order chi connectivity index (χ1) is 16.1. The van der Waals surface area contributed by atoms with Gasteiger partial charge >= 0.3 is 0 Å². The monoisotopic (exact) mass is 461 g/mol. The molecule has 8 nitrogen and oxygen atoms in total. The number of aromatic nitrogens is 2. The van der Waals surface area contributed by atoms with Crippen LogP contribution in [0.25, 0.3) is 11.3 Å². The van der Waals surface area contributed by atoms with Crippen LogP contribution in [0.2, 0.25) is 0 Å². The van der Waals surface area contributed by atoms with Crippen molar-refractivity contribution in [1.82, 2.24) is 25.9 Å². The van der Waals surface area contributed by atoms with Crippen LogP contribution in [0.3, 0.4) is 0 Å². The molecule has 2 aromatic heterocycles. The second-order valence-electron chi connectivity index (χ2n) is 7.73. The predicted octanol–water partition coefficient (Wildman–Crippen LogP) is 3.21. The van der Waals surface area contributed by atoms with Gasteiger partial charge in [-0.25, -0.2) is 9.97 Å².